The number of likely N-dealkylation sites (tertiary alicyclic amines) is 1. The van der Waals surface area contributed by atoms with Gasteiger partial charge in [-0.3, -0.25) is 0 Å². The van der Waals surface area contributed by atoms with Crippen molar-refractivity contribution >= 4 is 0 Å². The molecule has 2 atom stereocenters. The monoisotopic (exact) mass is 307 g/mol. The third kappa shape index (κ3) is 4.62. The molecule has 4 heteroatoms. The van der Waals surface area contributed by atoms with Crippen LogP contribution in [0.1, 0.15) is 32.8 Å². The van der Waals surface area contributed by atoms with Crippen LogP contribution in [0.4, 0.5) is 0 Å². The third-order valence-electron chi connectivity index (χ3n) is 4.07. The SMILES string of the molecule is CCOc1cc(CC2CN(C)CCC2O)ccc1OC(C)C. The minimum Gasteiger partial charge on any atom is -0.490 e. The lowest BCUT2D eigenvalue weighted by molar-refractivity contribution is 0.0366. The van der Waals surface area contributed by atoms with Crippen molar-refractivity contribution in [3.63, 3.8) is 0 Å². The summed E-state index contributed by atoms with van der Waals surface area (Å²) in [5, 5.41) is 10.2. The number of benzene rings is 1. The number of hydrogen-bond donors (Lipinski definition) is 1. The summed E-state index contributed by atoms with van der Waals surface area (Å²) in [5.41, 5.74) is 1.19. The summed E-state index contributed by atoms with van der Waals surface area (Å²) in [5.74, 6) is 1.87. The lowest BCUT2D eigenvalue weighted by Crippen LogP contribution is -2.41. The molecule has 2 unspecified atom stereocenters. The van der Waals surface area contributed by atoms with Gasteiger partial charge in [0.25, 0.3) is 0 Å². The Bertz CT molecular complexity index is 475. The summed E-state index contributed by atoms with van der Waals surface area (Å²) in [4.78, 5) is 2.29. The predicted octanol–water partition coefficient (Wildman–Crippen LogP) is 2.73. The number of hydrogen-bond acceptors (Lipinski definition) is 4. The van der Waals surface area contributed by atoms with E-state index >= 15 is 0 Å². The number of aliphatic hydroxyl groups excluding tert-OH is 1. The number of piperidine rings is 1. The zero-order valence-corrected chi connectivity index (χ0v) is 14.2. The lowest BCUT2D eigenvalue weighted by atomic mass is 9.89. The van der Waals surface area contributed by atoms with Gasteiger partial charge in [0.1, 0.15) is 0 Å². The summed E-state index contributed by atoms with van der Waals surface area (Å²) in [7, 11) is 2.12. The Labute approximate surface area is 134 Å². The molecule has 0 aromatic heterocycles. The average molecular weight is 307 g/mol. The molecule has 1 aromatic rings. The van der Waals surface area contributed by atoms with Crippen molar-refractivity contribution in [2.45, 2.75) is 45.8 Å². The van der Waals surface area contributed by atoms with E-state index in [-0.39, 0.29) is 18.1 Å². The quantitative estimate of drug-likeness (QED) is 0.877. The second-order valence-electron chi connectivity index (χ2n) is 6.46. The van der Waals surface area contributed by atoms with E-state index in [2.05, 4.69) is 24.1 Å². The summed E-state index contributed by atoms with van der Waals surface area (Å²) < 4.78 is 11.5. The van der Waals surface area contributed by atoms with E-state index in [0.717, 1.165) is 37.4 Å². The molecule has 0 bridgehead atoms. The molecule has 0 saturated carbocycles. The van der Waals surface area contributed by atoms with Gasteiger partial charge in [0.15, 0.2) is 11.5 Å². The van der Waals surface area contributed by atoms with Gasteiger partial charge in [-0.15, -0.1) is 0 Å². The van der Waals surface area contributed by atoms with Crippen LogP contribution in [0.15, 0.2) is 18.2 Å². The summed E-state index contributed by atoms with van der Waals surface area (Å²) >= 11 is 0. The van der Waals surface area contributed by atoms with Crippen LogP contribution in [0.2, 0.25) is 0 Å². The number of aliphatic hydroxyl groups is 1. The zero-order valence-electron chi connectivity index (χ0n) is 14.2. The lowest BCUT2D eigenvalue weighted by Gasteiger charge is -2.34. The van der Waals surface area contributed by atoms with E-state index in [9.17, 15) is 5.11 Å². The minimum atomic E-state index is -0.210. The highest BCUT2D eigenvalue weighted by atomic mass is 16.5. The van der Waals surface area contributed by atoms with E-state index in [1.807, 2.05) is 26.8 Å². The molecule has 1 fully saturated rings. The van der Waals surface area contributed by atoms with E-state index in [1.54, 1.807) is 0 Å². The molecule has 0 radical (unpaired) electrons. The van der Waals surface area contributed by atoms with Crippen LogP contribution in [0.5, 0.6) is 11.5 Å². The van der Waals surface area contributed by atoms with Gasteiger partial charge < -0.3 is 19.5 Å². The van der Waals surface area contributed by atoms with Crippen molar-refractivity contribution < 1.29 is 14.6 Å². The fourth-order valence-electron chi connectivity index (χ4n) is 3.00. The molecule has 22 heavy (non-hydrogen) atoms. The summed E-state index contributed by atoms with van der Waals surface area (Å²) in [6, 6.07) is 6.13. The summed E-state index contributed by atoms with van der Waals surface area (Å²) in [6.07, 6.45) is 1.64. The number of nitrogens with zero attached hydrogens (tertiary/aromatic N) is 1. The van der Waals surface area contributed by atoms with Gasteiger partial charge in [0.2, 0.25) is 0 Å². The van der Waals surface area contributed by atoms with Crippen LogP contribution in [-0.4, -0.2) is 49.0 Å². The molecular formula is C18H29NO3. The Morgan fingerprint density at radius 1 is 1.32 bits per heavy atom. The minimum absolute atomic E-state index is 0.124. The Morgan fingerprint density at radius 3 is 2.77 bits per heavy atom. The maximum Gasteiger partial charge on any atom is 0.161 e. The molecule has 0 aliphatic carbocycles. The van der Waals surface area contributed by atoms with E-state index in [1.165, 1.54) is 5.56 Å². The van der Waals surface area contributed by atoms with Crippen LogP contribution >= 0.6 is 0 Å². The van der Waals surface area contributed by atoms with E-state index in [4.69, 9.17) is 9.47 Å². The van der Waals surface area contributed by atoms with E-state index < -0.39 is 0 Å². The maximum atomic E-state index is 10.2. The van der Waals surface area contributed by atoms with Crippen molar-refractivity contribution in [2.24, 2.45) is 5.92 Å². The van der Waals surface area contributed by atoms with Crippen LogP contribution in [0.3, 0.4) is 0 Å². The van der Waals surface area contributed by atoms with Crippen LogP contribution < -0.4 is 9.47 Å². The molecule has 1 saturated heterocycles. The van der Waals surface area contributed by atoms with Crippen molar-refractivity contribution in [2.75, 3.05) is 26.7 Å². The van der Waals surface area contributed by atoms with Gasteiger partial charge in [-0.25, -0.2) is 0 Å². The fraction of sp³-hybridized carbons (Fsp3) is 0.667. The molecule has 1 aliphatic heterocycles. The predicted molar refractivity (Wildman–Crippen MR) is 88.7 cm³/mol. The average Bonchev–Trinajstić information content (AvgIpc) is 2.45. The molecule has 1 aromatic carbocycles. The molecule has 1 heterocycles. The van der Waals surface area contributed by atoms with Gasteiger partial charge in [-0.05, 0) is 58.4 Å². The van der Waals surface area contributed by atoms with Crippen LogP contribution in [0, 0.1) is 5.92 Å². The highest BCUT2D eigenvalue weighted by Gasteiger charge is 2.26. The Morgan fingerprint density at radius 2 is 2.09 bits per heavy atom. The first-order valence-corrected chi connectivity index (χ1v) is 8.28. The Balaban J connectivity index is 2.12. The molecule has 4 nitrogen and oxygen atoms in total. The zero-order chi connectivity index (χ0) is 16.1. The first-order chi connectivity index (χ1) is 10.5. The Hall–Kier alpha value is -1.26. The number of ether oxygens (including phenoxy) is 2. The van der Waals surface area contributed by atoms with Crippen molar-refractivity contribution in [1.29, 1.82) is 0 Å². The maximum absolute atomic E-state index is 10.2. The Kier molecular flexibility index (Phi) is 6.09. The third-order valence-corrected chi connectivity index (χ3v) is 4.07. The fourth-order valence-corrected chi connectivity index (χ4v) is 3.00. The number of rotatable bonds is 6. The van der Waals surface area contributed by atoms with Gasteiger partial charge >= 0.3 is 0 Å². The van der Waals surface area contributed by atoms with Gasteiger partial charge in [0.05, 0.1) is 18.8 Å². The highest BCUT2D eigenvalue weighted by Crippen LogP contribution is 2.31. The van der Waals surface area contributed by atoms with Crippen molar-refractivity contribution in [1.82, 2.24) is 4.90 Å². The standard InChI is InChI=1S/C18H29NO3/c1-5-21-18-11-14(6-7-17(18)22-13(2)3)10-15-12-19(4)9-8-16(15)20/h6-7,11,13,15-16,20H,5,8-10,12H2,1-4H3. The largest absolute Gasteiger partial charge is 0.490 e. The van der Waals surface area contributed by atoms with Crippen LogP contribution in [-0.2, 0) is 6.42 Å². The molecular weight excluding hydrogens is 278 g/mol. The van der Waals surface area contributed by atoms with Gasteiger partial charge in [-0.2, -0.15) is 0 Å². The first-order valence-electron chi connectivity index (χ1n) is 8.28. The molecule has 0 amide bonds. The van der Waals surface area contributed by atoms with Crippen LogP contribution in [0.25, 0.3) is 0 Å². The van der Waals surface area contributed by atoms with Gasteiger partial charge in [0, 0.05) is 19.0 Å². The highest BCUT2D eigenvalue weighted by molar-refractivity contribution is 5.43. The van der Waals surface area contributed by atoms with Crippen molar-refractivity contribution in [3.8, 4) is 11.5 Å². The normalized spacial score (nSPS) is 22.8. The van der Waals surface area contributed by atoms with Gasteiger partial charge in [-0.1, -0.05) is 6.07 Å². The molecule has 2 rings (SSSR count). The smallest absolute Gasteiger partial charge is 0.161 e. The first kappa shape index (κ1) is 17.1. The second kappa shape index (κ2) is 7.84. The molecule has 1 N–H and O–H groups in total. The topological polar surface area (TPSA) is 41.9 Å². The molecule has 1 aliphatic rings. The second-order valence-corrected chi connectivity index (χ2v) is 6.46. The van der Waals surface area contributed by atoms with E-state index in [0.29, 0.717) is 6.61 Å². The molecule has 124 valence electrons. The van der Waals surface area contributed by atoms with Crippen molar-refractivity contribution in [3.05, 3.63) is 23.8 Å². The molecule has 0 spiro atoms. The summed E-state index contributed by atoms with van der Waals surface area (Å²) in [6.45, 7) is 8.53.